The van der Waals surface area contributed by atoms with Crippen LogP contribution in [0, 0.1) is 10.1 Å². The number of phenolic OH excluding ortho intramolecular Hbond substituents is 1. The molecule has 0 heterocycles. The third-order valence-corrected chi connectivity index (χ3v) is 3.04. The van der Waals surface area contributed by atoms with E-state index in [0.29, 0.717) is 11.1 Å². The lowest BCUT2D eigenvalue weighted by molar-refractivity contribution is -0.385. The van der Waals surface area contributed by atoms with Crippen molar-refractivity contribution in [2.75, 3.05) is 6.54 Å². The Labute approximate surface area is 142 Å². The Morgan fingerprint density at radius 3 is 2.60 bits per heavy atom. The van der Waals surface area contributed by atoms with E-state index in [1.165, 1.54) is 12.3 Å². The predicted octanol–water partition coefficient (Wildman–Crippen LogP) is 1.18. The number of hydrogen-bond acceptors (Lipinski definition) is 6. The van der Waals surface area contributed by atoms with Gasteiger partial charge >= 0.3 is 5.69 Å². The molecule has 0 aliphatic heterocycles. The number of nitrogens with zero attached hydrogens (tertiary/aromatic N) is 2. The van der Waals surface area contributed by atoms with Gasteiger partial charge in [-0.2, -0.15) is 5.10 Å². The molecule has 2 aromatic rings. The van der Waals surface area contributed by atoms with Crippen LogP contribution >= 0.6 is 0 Å². The van der Waals surface area contributed by atoms with E-state index < -0.39 is 28.2 Å². The van der Waals surface area contributed by atoms with Crippen molar-refractivity contribution in [3.63, 3.8) is 0 Å². The van der Waals surface area contributed by atoms with Crippen molar-refractivity contribution in [1.82, 2.24) is 10.7 Å². The number of hydrogen-bond donors (Lipinski definition) is 3. The maximum atomic E-state index is 11.8. The summed E-state index contributed by atoms with van der Waals surface area (Å²) in [5.41, 5.74) is 2.46. The van der Waals surface area contributed by atoms with Gasteiger partial charge in [-0.15, -0.1) is 0 Å². The Balaban J connectivity index is 1.85. The molecule has 0 radical (unpaired) electrons. The smallest absolute Gasteiger partial charge is 0.311 e. The second-order valence-electron chi connectivity index (χ2n) is 4.85. The van der Waals surface area contributed by atoms with Gasteiger partial charge in [-0.1, -0.05) is 18.2 Å². The number of benzene rings is 2. The van der Waals surface area contributed by atoms with Crippen LogP contribution in [-0.4, -0.2) is 34.6 Å². The minimum Gasteiger partial charge on any atom is -0.502 e. The minimum atomic E-state index is -0.732. The van der Waals surface area contributed by atoms with Crippen LogP contribution in [0.3, 0.4) is 0 Å². The van der Waals surface area contributed by atoms with Crippen LogP contribution in [0.15, 0.2) is 53.6 Å². The molecular formula is C16H14N4O5. The highest BCUT2D eigenvalue weighted by atomic mass is 16.6. The highest BCUT2D eigenvalue weighted by Gasteiger charge is 2.12. The third-order valence-electron chi connectivity index (χ3n) is 3.04. The number of carbonyl (C=O) groups is 2. The van der Waals surface area contributed by atoms with Gasteiger partial charge in [-0.3, -0.25) is 19.7 Å². The van der Waals surface area contributed by atoms with Crippen molar-refractivity contribution in [2.45, 2.75) is 0 Å². The van der Waals surface area contributed by atoms with Gasteiger partial charge < -0.3 is 10.4 Å². The summed E-state index contributed by atoms with van der Waals surface area (Å²) in [5.74, 6) is -1.42. The standard InChI is InChI=1S/C16H14N4O5/c21-14-7-6-11(8-13(14)20(24)25)9-18-19-15(22)10-17-16(23)12-4-2-1-3-5-12/h1-9,21H,10H2,(H,17,23)(H,19,22)/b18-9-. The Morgan fingerprint density at radius 2 is 1.92 bits per heavy atom. The molecule has 0 aliphatic carbocycles. The van der Waals surface area contributed by atoms with Crippen molar-refractivity contribution in [1.29, 1.82) is 0 Å². The largest absolute Gasteiger partial charge is 0.502 e. The van der Waals surface area contributed by atoms with Crippen LogP contribution in [0.4, 0.5) is 5.69 Å². The number of rotatable bonds is 6. The van der Waals surface area contributed by atoms with Crippen LogP contribution in [0.2, 0.25) is 0 Å². The van der Waals surface area contributed by atoms with E-state index in [1.807, 2.05) is 0 Å². The van der Waals surface area contributed by atoms with Crippen LogP contribution in [0.5, 0.6) is 5.75 Å². The summed E-state index contributed by atoms with van der Waals surface area (Å²) in [6.07, 6.45) is 1.18. The normalized spacial score (nSPS) is 10.4. The van der Waals surface area contributed by atoms with Gasteiger partial charge in [0.1, 0.15) is 0 Å². The molecule has 0 saturated heterocycles. The average molecular weight is 342 g/mol. The zero-order valence-electron chi connectivity index (χ0n) is 12.9. The molecule has 0 unspecified atom stereocenters. The molecule has 9 heteroatoms. The number of aromatic hydroxyl groups is 1. The van der Waals surface area contributed by atoms with E-state index in [1.54, 1.807) is 30.3 Å². The zero-order valence-corrected chi connectivity index (χ0v) is 12.9. The lowest BCUT2D eigenvalue weighted by atomic mass is 10.2. The molecule has 0 bridgehead atoms. The molecule has 2 aromatic carbocycles. The molecule has 0 aromatic heterocycles. The van der Waals surface area contributed by atoms with Gasteiger partial charge in [0, 0.05) is 17.2 Å². The summed E-state index contributed by atoms with van der Waals surface area (Å²) in [4.78, 5) is 33.4. The van der Waals surface area contributed by atoms with Gasteiger partial charge in [0.25, 0.3) is 11.8 Å². The summed E-state index contributed by atoms with van der Waals surface area (Å²) in [5, 5.41) is 26.1. The van der Waals surface area contributed by atoms with Crippen molar-refractivity contribution in [2.24, 2.45) is 5.10 Å². The van der Waals surface area contributed by atoms with E-state index >= 15 is 0 Å². The highest BCUT2D eigenvalue weighted by Crippen LogP contribution is 2.25. The van der Waals surface area contributed by atoms with Crippen LogP contribution < -0.4 is 10.7 Å². The van der Waals surface area contributed by atoms with E-state index in [2.05, 4.69) is 15.8 Å². The molecule has 0 fully saturated rings. The van der Waals surface area contributed by atoms with Crippen LogP contribution in [0.25, 0.3) is 0 Å². The van der Waals surface area contributed by atoms with Crippen LogP contribution in [0.1, 0.15) is 15.9 Å². The highest BCUT2D eigenvalue weighted by molar-refractivity contribution is 5.96. The number of carbonyl (C=O) groups excluding carboxylic acids is 2. The first-order valence-electron chi connectivity index (χ1n) is 7.10. The number of amides is 2. The predicted molar refractivity (Wildman–Crippen MR) is 89.3 cm³/mol. The molecule has 0 aliphatic rings. The Bertz CT molecular complexity index is 821. The van der Waals surface area contributed by atoms with Crippen molar-refractivity contribution in [3.05, 3.63) is 69.8 Å². The number of nitrogens with one attached hydrogen (secondary N) is 2. The summed E-state index contributed by atoms with van der Waals surface area (Å²) in [6.45, 7) is -0.277. The summed E-state index contributed by atoms with van der Waals surface area (Å²) < 4.78 is 0. The molecular weight excluding hydrogens is 328 g/mol. The summed E-state index contributed by atoms with van der Waals surface area (Å²) in [6, 6.07) is 12.1. The van der Waals surface area contributed by atoms with Gasteiger partial charge in [0.15, 0.2) is 5.75 Å². The lowest BCUT2D eigenvalue weighted by Crippen LogP contribution is -2.34. The summed E-state index contributed by atoms with van der Waals surface area (Å²) in [7, 11) is 0. The lowest BCUT2D eigenvalue weighted by Gasteiger charge is -2.04. The Hall–Kier alpha value is -3.75. The first-order chi connectivity index (χ1) is 12.0. The fourth-order valence-electron chi connectivity index (χ4n) is 1.84. The third kappa shape index (κ3) is 5.13. The number of nitro groups is 1. The molecule has 9 nitrogen and oxygen atoms in total. The molecule has 128 valence electrons. The minimum absolute atomic E-state index is 0.277. The second kappa shape index (κ2) is 8.20. The van der Waals surface area contributed by atoms with Crippen molar-refractivity contribution < 1.29 is 19.6 Å². The van der Waals surface area contributed by atoms with E-state index in [4.69, 9.17) is 0 Å². The van der Waals surface area contributed by atoms with Crippen molar-refractivity contribution in [3.8, 4) is 5.75 Å². The molecule has 2 rings (SSSR count). The maximum Gasteiger partial charge on any atom is 0.311 e. The van der Waals surface area contributed by atoms with E-state index in [-0.39, 0.29) is 6.54 Å². The van der Waals surface area contributed by atoms with Gasteiger partial charge in [0.05, 0.1) is 17.7 Å². The summed E-state index contributed by atoms with van der Waals surface area (Å²) >= 11 is 0. The maximum absolute atomic E-state index is 11.8. The number of hydrazone groups is 1. The van der Waals surface area contributed by atoms with Crippen LogP contribution in [-0.2, 0) is 4.79 Å². The Morgan fingerprint density at radius 1 is 1.20 bits per heavy atom. The fourth-order valence-corrected chi connectivity index (χ4v) is 1.84. The quantitative estimate of drug-likeness (QED) is 0.412. The first-order valence-corrected chi connectivity index (χ1v) is 7.10. The zero-order chi connectivity index (χ0) is 18.2. The molecule has 2 amide bonds. The first kappa shape index (κ1) is 17.6. The number of nitro benzene ring substituents is 1. The second-order valence-corrected chi connectivity index (χ2v) is 4.85. The van der Waals surface area contributed by atoms with E-state index in [9.17, 15) is 24.8 Å². The molecule has 0 saturated carbocycles. The SMILES string of the molecule is O=C(CNC(=O)c1ccccc1)N/N=C\c1ccc(O)c([N+](=O)[O-])c1. The Kier molecular flexibility index (Phi) is 5.77. The topological polar surface area (TPSA) is 134 Å². The van der Waals surface area contributed by atoms with E-state index in [0.717, 1.165) is 12.1 Å². The monoisotopic (exact) mass is 342 g/mol. The van der Waals surface area contributed by atoms with Gasteiger partial charge in [0.2, 0.25) is 0 Å². The molecule has 3 N–H and O–H groups in total. The molecule has 0 spiro atoms. The average Bonchev–Trinajstić information content (AvgIpc) is 2.61. The molecule has 0 atom stereocenters. The fraction of sp³-hybridized carbons (Fsp3) is 0.0625. The van der Waals surface area contributed by atoms with Crippen molar-refractivity contribution >= 4 is 23.7 Å². The van der Waals surface area contributed by atoms with Gasteiger partial charge in [-0.05, 0) is 24.3 Å². The molecule has 25 heavy (non-hydrogen) atoms. The van der Waals surface area contributed by atoms with Gasteiger partial charge in [-0.25, -0.2) is 5.43 Å². The number of phenols is 1.